The second kappa shape index (κ2) is 11.3. The monoisotopic (exact) mass is 526 g/mol. The van der Waals surface area contributed by atoms with E-state index in [0.717, 1.165) is 0 Å². The number of ether oxygens (including phenoxy) is 2. The topological polar surface area (TPSA) is 93.1 Å². The van der Waals surface area contributed by atoms with Crippen molar-refractivity contribution in [2.45, 2.75) is 32.3 Å². The summed E-state index contributed by atoms with van der Waals surface area (Å²) in [5, 5.41) is 8.62. The van der Waals surface area contributed by atoms with E-state index in [2.05, 4.69) is 20.1 Å². The van der Waals surface area contributed by atoms with Gasteiger partial charge in [-0.25, -0.2) is 5.01 Å². The molecule has 2 aromatic carbocycles. The summed E-state index contributed by atoms with van der Waals surface area (Å²) in [5.74, 6) is -1.78. The number of rotatable bonds is 8. The summed E-state index contributed by atoms with van der Waals surface area (Å²) in [5.41, 5.74) is 1.66. The first-order valence-corrected chi connectivity index (χ1v) is 11.8. The molecule has 3 aromatic rings. The van der Waals surface area contributed by atoms with E-state index in [1.165, 1.54) is 48.8 Å². The Bertz CT molecular complexity index is 1320. The Morgan fingerprint density at radius 1 is 1.11 bits per heavy atom. The number of aromatic nitrogens is 1. The van der Waals surface area contributed by atoms with Crippen LogP contribution < -0.4 is 14.8 Å². The molecular weight excluding hydrogens is 501 g/mol. The molecule has 38 heavy (non-hydrogen) atoms. The molecule has 1 aliphatic rings. The van der Waals surface area contributed by atoms with Crippen LogP contribution in [0.3, 0.4) is 0 Å². The highest BCUT2D eigenvalue weighted by atomic mass is 19.4. The number of methoxy groups -OCH3 is 1. The van der Waals surface area contributed by atoms with Crippen LogP contribution in [-0.2, 0) is 4.79 Å². The number of carbonyl (C=O) groups is 2. The van der Waals surface area contributed by atoms with Crippen molar-refractivity contribution in [1.82, 2.24) is 15.3 Å². The Balaban J connectivity index is 1.77. The SMILES string of the molecule is CCC1CC(=O)N(C(NC(=O)c2ccncc2)c2ccccc2)N=C1c1ccc(OC)c(OC(F)(F)F)c1. The number of nitrogens with zero attached hydrogens (tertiary/aromatic N) is 3. The molecule has 2 atom stereocenters. The summed E-state index contributed by atoms with van der Waals surface area (Å²) in [4.78, 5) is 30.2. The second-order valence-corrected chi connectivity index (χ2v) is 8.47. The van der Waals surface area contributed by atoms with Crippen molar-refractivity contribution in [1.29, 1.82) is 0 Å². The summed E-state index contributed by atoms with van der Waals surface area (Å²) in [6, 6.07) is 16.0. The van der Waals surface area contributed by atoms with E-state index in [9.17, 15) is 22.8 Å². The summed E-state index contributed by atoms with van der Waals surface area (Å²) in [7, 11) is 1.24. The molecule has 0 fully saturated rings. The maximum atomic E-state index is 13.3. The normalized spacial score (nSPS) is 16.4. The number of halogens is 3. The zero-order chi connectivity index (χ0) is 27.3. The summed E-state index contributed by atoms with van der Waals surface area (Å²) in [6.07, 6.45) is -2.39. The Hall–Kier alpha value is -4.41. The fraction of sp³-hybridized carbons (Fsp3) is 0.259. The van der Waals surface area contributed by atoms with E-state index in [1.807, 2.05) is 6.92 Å². The third kappa shape index (κ3) is 6.10. The number of hydrogen-bond acceptors (Lipinski definition) is 6. The smallest absolute Gasteiger partial charge is 0.493 e. The number of hydrazone groups is 1. The first kappa shape index (κ1) is 26.6. The average Bonchev–Trinajstić information content (AvgIpc) is 2.91. The molecule has 0 bridgehead atoms. The van der Waals surface area contributed by atoms with Crippen LogP contribution in [0, 0.1) is 5.92 Å². The predicted octanol–water partition coefficient (Wildman–Crippen LogP) is 5.08. The number of alkyl halides is 3. The Morgan fingerprint density at radius 3 is 2.45 bits per heavy atom. The van der Waals surface area contributed by atoms with Gasteiger partial charge in [0, 0.05) is 35.9 Å². The van der Waals surface area contributed by atoms with Crippen LogP contribution in [0.1, 0.15) is 47.4 Å². The van der Waals surface area contributed by atoms with Gasteiger partial charge in [0.05, 0.1) is 12.8 Å². The van der Waals surface area contributed by atoms with Crippen LogP contribution in [0.2, 0.25) is 0 Å². The van der Waals surface area contributed by atoms with Crippen LogP contribution in [0.15, 0.2) is 78.2 Å². The van der Waals surface area contributed by atoms with Crippen LogP contribution >= 0.6 is 0 Å². The molecule has 0 aliphatic carbocycles. The van der Waals surface area contributed by atoms with Crippen LogP contribution in [0.25, 0.3) is 0 Å². The molecule has 198 valence electrons. The highest BCUT2D eigenvalue weighted by Gasteiger charge is 2.36. The zero-order valence-corrected chi connectivity index (χ0v) is 20.6. The lowest BCUT2D eigenvalue weighted by molar-refractivity contribution is -0.275. The lowest BCUT2D eigenvalue weighted by atomic mass is 9.89. The van der Waals surface area contributed by atoms with E-state index in [1.54, 1.807) is 36.4 Å². The minimum atomic E-state index is -4.93. The second-order valence-electron chi connectivity index (χ2n) is 8.47. The summed E-state index contributed by atoms with van der Waals surface area (Å²) < 4.78 is 48.3. The van der Waals surface area contributed by atoms with E-state index in [-0.39, 0.29) is 24.0 Å². The van der Waals surface area contributed by atoms with Gasteiger partial charge in [0.1, 0.15) is 0 Å². The van der Waals surface area contributed by atoms with E-state index < -0.39 is 24.2 Å². The molecule has 0 spiro atoms. The molecule has 8 nitrogen and oxygen atoms in total. The zero-order valence-electron chi connectivity index (χ0n) is 20.6. The highest BCUT2D eigenvalue weighted by Crippen LogP contribution is 2.36. The number of hydrogen-bond donors (Lipinski definition) is 1. The van der Waals surface area contributed by atoms with Crippen molar-refractivity contribution in [2.75, 3.05) is 7.11 Å². The van der Waals surface area contributed by atoms with E-state index >= 15 is 0 Å². The van der Waals surface area contributed by atoms with Gasteiger partial charge in [-0.1, -0.05) is 37.3 Å². The average molecular weight is 527 g/mol. The molecular formula is C27H25F3N4O4. The predicted molar refractivity (Wildman–Crippen MR) is 132 cm³/mol. The third-order valence-electron chi connectivity index (χ3n) is 6.03. The molecule has 2 amide bonds. The Morgan fingerprint density at radius 2 is 1.82 bits per heavy atom. The maximum Gasteiger partial charge on any atom is 0.573 e. The molecule has 0 radical (unpaired) electrons. The van der Waals surface area contributed by atoms with Crippen molar-refractivity contribution >= 4 is 17.5 Å². The fourth-order valence-corrected chi connectivity index (χ4v) is 4.16. The number of amides is 2. The minimum Gasteiger partial charge on any atom is -0.493 e. The molecule has 2 heterocycles. The van der Waals surface area contributed by atoms with Gasteiger partial charge in [-0.3, -0.25) is 14.6 Å². The number of carbonyl (C=O) groups excluding carboxylic acids is 2. The third-order valence-corrected chi connectivity index (χ3v) is 6.03. The van der Waals surface area contributed by atoms with E-state index in [4.69, 9.17) is 4.74 Å². The van der Waals surface area contributed by atoms with Gasteiger partial charge in [-0.15, -0.1) is 13.2 Å². The number of nitrogens with one attached hydrogen (secondary N) is 1. The number of benzene rings is 2. The first-order valence-electron chi connectivity index (χ1n) is 11.8. The fourth-order valence-electron chi connectivity index (χ4n) is 4.16. The van der Waals surface area contributed by atoms with E-state index in [0.29, 0.717) is 28.8 Å². The van der Waals surface area contributed by atoms with Crippen molar-refractivity contribution in [2.24, 2.45) is 11.0 Å². The molecule has 1 aliphatic heterocycles. The van der Waals surface area contributed by atoms with Crippen LogP contribution in [0.4, 0.5) is 13.2 Å². The van der Waals surface area contributed by atoms with Crippen molar-refractivity contribution in [3.63, 3.8) is 0 Å². The lowest BCUT2D eigenvalue weighted by Crippen LogP contribution is -2.46. The molecule has 2 unspecified atom stereocenters. The molecule has 0 saturated carbocycles. The van der Waals surface area contributed by atoms with Gasteiger partial charge in [-0.2, -0.15) is 5.10 Å². The van der Waals surface area contributed by atoms with Crippen molar-refractivity contribution in [3.05, 3.63) is 89.7 Å². The molecule has 1 aromatic heterocycles. The minimum absolute atomic E-state index is 0.0469. The Kier molecular flexibility index (Phi) is 7.94. The van der Waals surface area contributed by atoms with Gasteiger partial charge in [0.25, 0.3) is 5.91 Å². The van der Waals surface area contributed by atoms with Gasteiger partial charge < -0.3 is 14.8 Å². The quantitative estimate of drug-likeness (QED) is 0.442. The molecule has 11 heteroatoms. The number of pyridine rings is 1. The van der Waals surface area contributed by atoms with Gasteiger partial charge >= 0.3 is 6.36 Å². The van der Waals surface area contributed by atoms with Gasteiger partial charge in [0.15, 0.2) is 17.7 Å². The van der Waals surface area contributed by atoms with Crippen LogP contribution in [-0.4, -0.2) is 41.0 Å². The van der Waals surface area contributed by atoms with Crippen molar-refractivity contribution in [3.8, 4) is 11.5 Å². The highest BCUT2D eigenvalue weighted by molar-refractivity contribution is 6.06. The molecule has 4 rings (SSSR count). The largest absolute Gasteiger partial charge is 0.573 e. The van der Waals surface area contributed by atoms with Crippen LogP contribution in [0.5, 0.6) is 11.5 Å². The summed E-state index contributed by atoms with van der Waals surface area (Å²) in [6.45, 7) is 1.86. The molecule has 0 saturated heterocycles. The summed E-state index contributed by atoms with van der Waals surface area (Å²) >= 11 is 0. The standard InChI is InChI=1S/C27H25F3N4O4/c1-3-17-16-23(35)34(33-24(17)20-9-10-21(37-2)22(15-20)38-27(28,29)30)25(18-7-5-4-6-8-18)32-26(36)19-11-13-31-14-12-19/h4-15,17,25H,3,16H2,1-2H3,(H,32,36). The van der Waals surface area contributed by atoms with Crippen molar-refractivity contribution < 1.29 is 32.2 Å². The Labute approximate surface area is 217 Å². The lowest BCUT2D eigenvalue weighted by Gasteiger charge is -2.35. The van der Waals surface area contributed by atoms with Gasteiger partial charge in [-0.05, 0) is 42.3 Å². The van der Waals surface area contributed by atoms with Gasteiger partial charge in [0.2, 0.25) is 5.91 Å². The first-order chi connectivity index (χ1) is 18.2. The molecule has 1 N–H and O–H groups in total. The maximum absolute atomic E-state index is 13.3.